The predicted molar refractivity (Wildman–Crippen MR) is 81.4 cm³/mol. The second kappa shape index (κ2) is 4.73. The fraction of sp³-hybridized carbons (Fsp3) is 0.375. The highest BCUT2D eigenvalue weighted by molar-refractivity contribution is 5.49. The molecule has 1 fully saturated rings. The van der Waals surface area contributed by atoms with Gasteiger partial charge >= 0.3 is 0 Å². The zero-order valence-corrected chi connectivity index (χ0v) is 12.6. The van der Waals surface area contributed by atoms with Crippen LogP contribution in [0.3, 0.4) is 0 Å². The lowest BCUT2D eigenvalue weighted by Gasteiger charge is -2.25. The fourth-order valence-electron chi connectivity index (χ4n) is 3.23. The molecule has 0 bridgehead atoms. The topological polar surface area (TPSA) is 70.7 Å². The van der Waals surface area contributed by atoms with Crippen molar-refractivity contribution in [1.82, 2.24) is 29.8 Å². The maximum atomic E-state index is 5.64. The maximum Gasteiger partial charge on any atom is 0.186 e. The van der Waals surface area contributed by atoms with E-state index in [1.54, 1.807) is 0 Å². The average molecular weight is 308 g/mol. The largest absolute Gasteiger partial charge is 0.371 e. The molecule has 0 N–H and O–H groups in total. The SMILES string of the molecule is c1ccc(Cn2cc(-c3nnc4n3C3(CC3)COC4)nn2)cc1. The normalized spacial score (nSPS) is 18.1. The Kier molecular flexibility index (Phi) is 2.66. The fourth-order valence-corrected chi connectivity index (χ4v) is 3.23. The van der Waals surface area contributed by atoms with E-state index in [0.717, 1.165) is 36.8 Å². The van der Waals surface area contributed by atoms with Crippen molar-refractivity contribution in [1.29, 1.82) is 0 Å². The second-order valence-corrected chi connectivity index (χ2v) is 6.28. The van der Waals surface area contributed by atoms with Gasteiger partial charge in [-0.25, -0.2) is 4.68 Å². The van der Waals surface area contributed by atoms with Crippen LogP contribution in [0.15, 0.2) is 36.5 Å². The zero-order chi connectivity index (χ0) is 15.3. The van der Waals surface area contributed by atoms with E-state index in [1.807, 2.05) is 29.1 Å². The third-order valence-electron chi connectivity index (χ3n) is 4.59. The Morgan fingerprint density at radius 3 is 2.78 bits per heavy atom. The Hall–Kier alpha value is -2.54. The van der Waals surface area contributed by atoms with Crippen LogP contribution < -0.4 is 0 Å². The first-order chi connectivity index (χ1) is 11.3. The van der Waals surface area contributed by atoms with Gasteiger partial charge in [0.05, 0.1) is 24.9 Å². The summed E-state index contributed by atoms with van der Waals surface area (Å²) in [5.41, 5.74) is 2.02. The number of hydrogen-bond donors (Lipinski definition) is 0. The molecule has 1 saturated carbocycles. The standard InChI is InChI=1S/C16H16N6O/c1-2-4-12(5-3-1)8-21-9-13(17-20-21)15-19-18-14-10-23-11-16(6-7-16)22(14)15/h1-5,9H,6-8,10-11H2. The molecule has 0 unspecified atom stereocenters. The summed E-state index contributed by atoms with van der Waals surface area (Å²) in [7, 11) is 0. The van der Waals surface area contributed by atoms with Crippen molar-refractivity contribution >= 4 is 0 Å². The molecule has 1 spiro atoms. The Morgan fingerprint density at radius 2 is 1.96 bits per heavy atom. The van der Waals surface area contributed by atoms with Crippen LogP contribution in [0.2, 0.25) is 0 Å². The van der Waals surface area contributed by atoms with E-state index in [0.29, 0.717) is 13.2 Å². The first-order valence-corrected chi connectivity index (χ1v) is 7.81. The molecule has 1 aliphatic carbocycles. The van der Waals surface area contributed by atoms with Crippen LogP contribution in [-0.4, -0.2) is 36.4 Å². The van der Waals surface area contributed by atoms with Crippen LogP contribution in [0.4, 0.5) is 0 Å². The molecule has 0 saturated heterocycles. The zero-order valence-electron chi connectivity index (χ0n) is 12.6. The molecule has 7 nitrogen and oxygen atoms in total. The minimum absolute atomic E-state index is 0.0512. The molecule has 0 amide bonds. The molecule has 7 heteroatoms. The number of ether oxygens (including phenoxy) is 1. The minimum Gasteiger partial charge on any atom is -0.371 e. The molecular formula is C16H16N6O. The van der Waals surface area contributed by atoms with E-state index in [4.69, 9.17) is 4.74 Å². The summed E-state index contributed by atoms with van der Waals surface area (Å²) in [6, 6.07) is 10.2. The molecule has 3 heterocycles. The van der Waals surface area contributed by atoms with Crippen LogP contribution in [0.1, 0.15) is 24.2 Å². The molecule has 0 radical (unpaired) electrons. The molecule has 5 rings (SSSR count). The summed E-state index contributed by atoms with van der Waals surface area (Å²) in [5.74, 6) is 1.70. The summed E-state index contributed by atoms with van der Waals surface area (Å²) < 4.78 is 9.70. The van der Waals surface area contributed by atoms with E-state index in [9.17, 15) is 0 Å². The Morgan fingerprint density at radius 1 is 1.09 bits per heavy atom. The van der Waals surface area contributed by atoms with Crippen LogP contribution >= 0.6 is 0 Å². The second-order valence-electron chi connectivity index (χ2n) is 6.28. The van der Waals surface area contributed by atoms with Gasteiger partial charge in [-0.1, -0.05) is 35.5 Å². The lowest BCUT2D eigenvalue weighted by molar-refractivity contribution is 0.0453. The first kappa shape index (κ1) is 13.0. The van der Waals surface area contributed by atoms with Gasteiger partial charge in [-0.15, -0.1) is 15.3 Å². The molecule has 2 aliphatic rings. The lowest BCUT2D eigenvalue weighted by atomic mass is 10.2. The van der Waals surface area contributed by atoms with Crippen LogP contribution in [0, 0.1) is 0 Å². The number of hydrogen-bond acceptors (Lipinski definition) is 5. The summed E-state index contributed by atoms with van der Waals surface area (Å²) >= 11 is 0. The predicted octanol–water partition coefficient (Wildman–Crippen LogP) is 1.60. The molecule has 0 atom stereocenters. The van der Waals surface area contributed by atoms with E-state index in [-0.39, 0.29) is 5.54 Å². The van der Waals surface area contributed by atoms with Gasteiger partial charge in [0.25, 0.3) is 0 Å². The van der Waals surface area contributed by atoms with Gasteiger partial charge in [-0.05, 0) is 18.4 Å². The van der Waals surface area contributed by atoms with Crippen molar-refractivity contribution in [3.05, 3.63) is 47.9 Å². The number of aromatic nitrogens is 6. The summed E-state index contributed by atoms with van der Waals surface area (Å²) in [5, 5.41) is 17.2. The Bertz CT molecular complexity index is 849. The average Bonchev–Trinajstić information content (AvgIpc) is 2.99. The molecule has 1 aromatic carbocycles. The van der Waals surface area contributed by atoms with Gasteiger partial charge in [0.2, 0.25) is 0 Å². The van der Waals surface area contributed by atoms with E-state index in [1.165, 1.54) is 5.56 Å². The molecule has 2 aromatic heterocycles. The Labute approximate surface area is 132 Å². The first-order valence-electron chi connectivity index (χ1n) is 7.81. The summed E-state index contributed by atoms with van der Waals surface area (Å²) in [4.78, 5) is 0. The van der Waals surface area contributed by atoms with Gasteiger partial charge in [0.1, 0.15) is 6.61 Å². The van der Waals surface area contributed by atoms with Gasteiger partial charge in [-0.3, -0.25) is 4.57 Å². The van der Waals surface area contributed by atoms with Crippen molar-refractivity contribution < 1.29 is 4.74 Å². The van der Waals surface area contributed by atoms with Crippen LogP contribution in [0.25, 0.3) is 11.5 Å². The highest BCUT2D eigenvalue weighted by Crippen LogP contribution is 2.48. The van der Waals surface area contributed by atoms with E-state index < -0.39 is 0 Å². The van der Waals surface area contributed by atoms with Crippen molar-refractivity contribution in [2.24, 2.45) is 0 Å². The number of fused-ring (bicyclic) bond motifs is 2. The van der Waals surface area contributed by atoms with Gasteiger partial charge in [0.15, 0.2) is 17.3 Å². The Balaban J connectivity index is 1.49. The minimum atomic E-state index is 0.0512. The number of rotatable bonds is 3. The van der Waals surface area contributed by atoms with Crippen molar-refractivity contribution in [2.45, 2.75) is 31.5 Å². The third kappa shape index (κ3) is 2.08. The van der Waals surface area contributed by atoms with Crippen molar-refractivity contribution in [3.8, 4) is 11.5 Å². The quantitative estimate of drug-likeness (QED) is 0.735. The maximum absolute atomic E-state index is 5.64. The van der Waals surface area contributed by atoms with Gasteiger partial charge < -0.3 is 4.74 Å². The number of benzene rings is 1. The summed E-state index contributed by atoms with van der Waals surface area (Å²) in [6.07, 6.45) is 4.17. The van der Waals surface area contributed by atoms with Crippen LogP contribution in [0.5, 0.6) is 0 Å². The van der Waals surface area contributed by atoms with Gasteiger partial charge in [0, 0.05) is 0 Å². The van der Waals surface area contributed by atoms with Crippen molar-refractivity contribution in [3.63, 3.8) is 0 Å². The molecule has 1 aliphatic heterocycles. The molecule has 3 aromatic rings. The van der Waals surface area contributed by atoms with E-state index >= 15 is 0 Å². The molecule has 23 heavy (non-hydrogen) atoms. The highest BCUT2D eigenvalue weighted by Gasteiger charge is 2.50. The molecular weight excluding hydrogens is 292 g/mol. The lowest BCUT2D eigenvalue weighted by Crippen LogP contribution is -2.31. The smallest absolute Gasteiger partial charge is 0.186 e. The summed E-state index contributed by atoms with van der Waals surface area (Å²) in [6.45, 7) is 1.96. The number of nitrogens with zero attached hydrogens (tertiary/aromatic N) is 6. The van der Waals surface area contributed by atoms with Gasteiger partial charge in [-0.2, -0.15) is 0 Å². The van der Waals surface area contributed by atoms with Crippen LogP contribution in [-0.2, 0) is 23.4 Å². The van der Waals surface area contributed by atoms with Crippen molar-refractivity contribution in [2.75, 3.05) is 6.61 Å². The molecule has 116 valence electrons. The monoisotopic (exact) mass is 308 g/mol. The van der Waals surface area contributed by atoms with E-state index in [2.05, 4.69) is 37.2 Å². The highest BCUT2D eigenvalue weighted by atomic mass is 16.5. The third-order valence-corrected chi connectivity index (χ3v) is 4.59.